The summed E-state index contributed by atoms with van der Waals surface area (Å²) < 4.78 is 39.2. The molecule has 31 heavy (non-hydrogen) atoms. The van der Waals surface area contributed by atoms with Gasteiger partial charge in [-0.1, -0.05) is 12.1 Å². The smallest absolute Gasteiger partial charge is 0.333 e. The van der Waals surface area contributed by atoms with Crippen molar-refractivity contribution >= 4 is 16.9 Å². The number of alkyl halides is 3. The van der Waals surface area contributed by atoms with Gasteiger partial charge in [-0.05, 0) is 50.0 Å². The highest BCUT2D eigenvalue weighted by Crippen LogP contribution is 2.29. The van der Waals surface area contributed by atoms with E-state index in [9.17, 15) is 27.6 Å². The second-order valence-corrected chi connectivity index (χ2v) is 7.40. The third-order valence-electron chi connectivity index (χ3n) is 4.70. The summed E-state index contributed by atoms with van der Waals surface area (Å²) in [5, 5.41) is 0. The van der Waals surface area contributed by atoms with Gasteiger partial charge in [0.25, 0.3) is 5.91 Å². The molecular weight excluding hydrogens is 413 g/mol. The molecule has 0 aliphatic heterocycles. The van der Waals surface area contributed by atoms with Crippen molar-refractivity contribution in [3.63, 3.8) is 0 Å². The van der Waals surface area contributed by atoms with E-state index in [2.05, 4.69) is 9.97 Å². The van der Waals surface area contributed by atoms with Gasteiger partial charge in [-0.3, -0.25) is 14.4 Å². The standard InChI is InChI=1S/C21H21F3N4O3/c1-27(2)8-9-28(12-13-4-3-5-15(10-13)21(22,23)24)20(31)14-6-7-16-17(11-14)26-19(30)18(29)25-16/h3-7,10-11H,8-9,12H2,1-2H3,(H,25,29)(H,26,30). The SMILES string of the molecule is CN(C)CCN(Cc1cccc(C(F)(F)F)c1)C(=O)c1ccc2[nH]c(=O)c(=O)[nH]c2c1. The minimum atomic E-state index is -4.48. The van der Waals surface area contributed by atoms with Crippen molar-refractivity contribution in [2.24, 2.45) is 0 Å². The zero-order chi connectivity index (χ0) is 22.8. The van der Waals surface area contributed by atoms with Gasteiger partial charge < -0.3 is 19.8 Å². The number of fused-ring (bicyclic) bond motifs is 1. The summed E-state index contributed by atoms with van der Waals surface area (Å²) in [4.78, 5) is 44.3. The van der Waals surface area contributed by atoms with Gasteiger partial charge in [-0.15, -0.1) is 0 Å². The van der Waals surface area contributed by atoms with E-state index < -0.39 is 28.8 Å². The van der Waals surface area contributed by atoms with Crippen molar-refractivity contribution in [3.05, 3.63) is 79.9 Å². The molecule has 3 rings (SSSR count). The highest BCUT2D eigenvalue weighted by Gasteiger charge is 2.30. The summed E-state index contributed by atoms with van der Waals surface area (Å²) in [6.45, 7) is 0.765. The number of carbonyl (C=O) groups excluding carboxylic acids is 1. The summed E-state index contributed by atoms with van der Waals surface area (Å²) >= 11 is 0. The van der Waals surface area contributed by atoms with Crippen LogP contribution in [0.1, 0.15) is 21.5 Å². The second kappa shape index (κ2) is 8.76. The van der Waals surface area contributed by atoms with Crippen LogP contribution in [0, 0.1) is 0 Å². The predicted molar refractivity (Wildman–Crippen MR) is 110 cm³/mol. The average Bonchev–Trinajstić information content (AvgIpc) is 2.70. The Balaban J connectivity index is 1.93. The molecule has 0 unspecified atom stereocenters. The number of H-pyrrole nitrogens is 2. The van der Waals surface area contributed by atoms with Gasteiger partial charge in [-0.25, -0.2) is 0 Å². The fourth-order valence-electron chi connectivity index (χ4n) is 3.07. The lowest BCUT2D eigenvalue weighted by molar-refractivity contribution is -0.137. The fourth-order valence-corrected chi connectivity index (χ4v) is 3.07. The quantitative estimate of drug-likeness (QED) is 0.584. The normalized spacial score (nSPS) is 11.8. The molecule has 1 heterocycles. The number of halogens is 3. The van der Waals surface area contributed by atoms with Crippen LogP contribution in [0.3, 0.4) is 0 Å². The molecule has 0 atom stereocenters. The molecule has 7 nitrogen and oxygen atoms in total. The highest BCUT2D eigenvalue weighted by molar-refractivity contribution is 5.97. The number of nitrogens with one attached hydrogen (secondary N) is 2. The summed E-state index contributed by atoms with van der Waals surface area (Å²) in [6.07, 6.45) is -4.48. The maximum Gasteiger partial charge on any atom is 0.416 e. The third kappa shape index (κ3) is 5.40. The highest BCUT2D eigenvalue weighted by atomic mass is 19.4. The van der Waals surface area contributed by atoms with E-state index in [-0.39, 0.29) is 24.2 Å². The van der Waals surface area contributed by atoms with E-state index in [0.29, 0.717) is 17.6 Å². The van der Waals surface area contributed by atoms with Crippen LogP contribution in [0.2, 0.25) is 0 Å². The largest absolute Gasteiger partial charge is 0.416 e. The number of hydrogen-bond donors (Lipinski definition) is 2. The molecule has 2 N–H and O–H groups in total. The number of rotatable bonds is 6. The number of hydrogen-bond acceptors (Lipinski definition) is 4. The van der Waals surface area contributed by atoms with Crippen LogP contribution in [-0.4, -0.2) is 52.9 Å². The van der Waals surface area contributed by atoms with Gasteiger partial charge in [0.15, 0.2) is 0 Å². The molecule has 10 heteroatoms. The second-order valence-electron chi connectivity index (χ2n) is 7.40. The summed E-state index contributed by atoms with van der Waals surface area (Å²) in [7, 11) is 3.65. The molecule has 0 radical (unpaired) electrons. The molecule has 0 aliphatic carbocycles. The molecule has 1 aromatic heterocycles. The third-order valence-corrected chi connectivity index (χ3v) is 4.70. The summed E-state index contributed by atoms with van der Waals surface area (Å²) in [6, 6.07) is 9.28. The van der Waals surface area contributed by atoms with E-state index in [4.69, 9.17) is 0 Å². The van der Waals surface area contributed by atoms with E-state index in [1.807, 2.05) is 19.0 Å². The van der Waals surface area contributed by atoms with Crippen molar-refractivity contribution < 1.29 is 18.0 Å². The van der Waals surface area contributed by atoms with Crippen LogP contribution in [0.25, 0.3) is 11.0 Å². The number of likely N-dealkylation sites (N-methyl/N-ethyl adjacent to an activating group) is 1. The van der Waals surface area contributed by atoms with E-state index >= 15 is 0 Å². The topological polar surface area (TPSA) is 89.3 Å². The molecule has 3 aromatic rings. The van der Waals surface area contributed by atoms with E-state index in [0.717, 1.165) is 12.1 Å². The van der Waals surface area contributed by atoms with Crippen LogP contribution in [-0.2, 0) is 12.7 Å². The molecule has 0 bridgehead atoms. The maximum absolute atomic E-state index is 13.2. The molecule has 0 saturated carbocycles. The number of aromatic amines is 2. The number of benzene rings is 2. The first-order valence-electron chi connectivity index (χ1n) is 9.41. The molecule has 0 spiro atoms. The Hall–Kier alpha value is -3.40. The zero-order valence-electron chi connectivity index (χ0n) is 16.9. The first-order valence-corrected chi connectivity index (χ1v) is 9.41. The lowest BCUT2D eigenvalue weighted by Gasteiger charge is -2.25. The van der Waals surface area contributed by atoms with E-state index in [1.165, 1.54) is 35.2 Å². The Kier molecular flexibility index (Phi) is 6.30. The molecular formula is C21H21F3N4O3. The van der Waals surface area contributed by atoms with Crippen LogP contribution in [0.4, 0.5) is 13.2 Å². The van der Waals surface area contributed by atoms with Crippen molar-refractivity contribution in [2.75, 3.05) is 27.2 Å². The van der Waals surface area contributed by atoms with Gasteiger partial charge in [0.2, 0.25) is 0 Å². The fraction of sp³-hybridized carbons (Fsp3) is 0.286. The zero-order valence-corrected chi connectivity index (χ0v) is 16.9. The molecule has 2 aromatic carbocycles. The van der Waals surface area contributed by atoms with Crippen molar-refractivity contribution in [2.45, 2.75) is 12.7 Å². The average molecular weight is 434 g/mol. The lowest BCUT2D eigenvalue weighted by Crippen LogP contribution is -2.36. The summed E-state index contributed by atoms with van der Waals surface area (Å²) in [5.74, 6) is -0.409. The van der Waals surface area contributed by atoms with Gasteiger partial charge in [-0.2, -0.15) is 13.2 Å². The Morgan fingerprint density at radius 1 is 0.935 bits per heavy atom. The number of carbonyl (C=O) groups is 1. The van der Waals surface area contributed by atoms with E-state index in [1.54, 1.807) is 0 Å². The molecule has 0 aliphatic rings. The van der Waals surface area contributed by atoms with Gasteiger partial charge in [0.1, 0.15) is 0 Å². The number of nitrogens with zero attached hydrogens (tertiary/aromatic N) is 2. The monoisotopic (exact) mass is 434 g/mol. The molecule has 0 fully saturated rings. The van der Waals surface area contributed by atoms with Crippen LogP contribution in [0.5, 0.6) is 0 Å². The Morgan fingerprint density at radius 2 is 1.61 bits per heavy atom. The van der Waals surface area contributed by atoms with Crippen LogP contribution in [0.15, 0.2) is 52.1 Å². The van der Waals surface area contributed by atoms with Gasteiger partial charge >= 0.3 is 17.3 Å². The summed E-state index contributed by atoms with van der Waals surface area (Å²) in [5.41, 5.74) is -1.20. The minimum absolute atomic E-state index is 0.0171. The van der Waals surface area contributed by atoms with Crippen molar-refractivity contribution in [3.8, 4) is 0 Å². The first-order chi connectivity index (χ1) is 14.5. The Bertz CT molecular complexity index is 1210. The number of aromatic nitrogens is 2. The number of amides is 1. The van der Waals surface area contributed by atoms with Gasteiger partial charge in [0, 0.05) is 25.2 Å². The predicted octanol–water partition coefficient (Wildman–Crippen LogP) is 2.44. The van der Waals surface area contributed by atoms with Crippen molar-refractivity contribution in [1.82, 2.24) is 19.8 Å². The lowest BCUT2D eigenvalue weighted by atomic mass is 10.1. The van der Waals surface area contributed by atoms with Crippen LogP contribution >= 0.6 is 0 Å². The Morgan fingerprint density at radius 3 is 2.26 bits per heavy atom. The van der Waals surface area contributed by atoms with Gasteiger partial charge in [0.05, 0.1) is 16.6 Å². The van der Waals surface area contributed by atoms with Crippen molar-refractivity contribution in [1.29, 1.82) is 0 Å². The first kappa shape index (κ1) is 22.3. The minimum Gasteiger partial charge on any atom is -0.333 e. The van der Waals surface area contributed by atoms with Crippen LogP contribution < -0.4 is 11.1 Å². The molecule has 1 amide bonds. The molecule has 164 valence electrons. The molecule has 0 saturated heterocycles. The maximum atomic E-state index is 13.2. The Labute approximate surface area is 175 Å².